The van der Waals surface area contributed by atoms with E-state index >= 15 is 0 Å². The summed E-state index contributed by atoms with van der Waals surface area (Å²) in [5, 5.41) is 12.9. The lowest BCUT2D eigenvalue weighted by atomic mass is 10.0. The molecule has 1 unspecified atom stereocenters. The Bertz CT molecular complexity index is 628. The van der Waals surface area contributed by atoms with Gasteiger partial charge in [0.15, 0.2) is 0 Å². The molecule has 2 aromatic rings. The van der Waals surface area contributed by atoms with Crippen LogP contribution >= 0.6 is 15.9 Å². The van der Waals surface area contributed by atoms with E-state index in [0.717, 1.165) is 29.3 Å². The highest BCUT2D eigenvalue weighted by molar-refractivity contribution is 9.10. The van der Waals surface area contributed by atoms with Gasteiger partial charge in [-0.05, 0) is 48.9 Å². The number of carbonyl (C=O) groups is 1. The monoisotopic (exact) mass is 389 g/mol. The van der Waals surface area contributed by atoms with Gasteiger partial charge in [0.05, 0.1) is 0 Å². The maximum Gasteiger partial charge on any atom is 0.321 e. The predicted octanol–water partition coefficient (Wildman–Crippen LogP) is 4.45. The van der Waals surface area contributed by atoms with Crippen molar-refractivity contribution in [2.24, 2.45) is 0 Å². The van der Waals surface area contributed by atoms with Gasteiger partial charge in [-0.25, -0.2) is 0 Å². The zero-order chi connectivity index (χ0) is 17.4. The summed E-state index contributed by atoms with van der Waals surface area (Å²) in [5.41, 5.74) is 2.31. The number of hydrogen-bond acceptors (Lipinski definition) is 2. The normalized spacial score (nSPS) is 13.4. The zero-order valence-electron chi connectivity index (χ0n) is 13.9. The van der Waals surface area contributed by atoms with Crippen LogP contribution in [0.3, 0.4) is 0 Å². The number of nitrogens with one attached hydrogen (secondary N) is 1. The molecule has 0 amide bonds. The summed E-state index contributed by atoms with van der Waals surface area (Å²) in [6.07, 6.45) is 3.28. The molecule has 0 saturated heterocycles. The average molecular weight is 390 g/mol. The molecule has 0 aliphatic carbocycles. The van der Waals surface area contributed by atoms with Crippen LogP contribution in [0.1, 0.15) is 30.9 Å². The van der Waals surface area contributed by atoms with Gasteiger partial charge in [0.2, 0.25) is 0 Å². The maximum absolute atomic E-state index is 11.6. The number of aryl methyl sites for hydroxylation is 1. The molecule has 0 bridgehead atoms. The molecule has 3 nitrogen and oxygen atoms in total. The third-order valence-corrected chi connectivity index (χ3v) is 4.73. The number of rotatable bonds is 9. The van der Waals surface area contributed by atoms with Gasteiger partial charge < -0.3 is 10.4 Å². The number of benzene rings is 2. The van der Waals surface area contributed by atoms with Crippen LogP contribution in [0, 0.1) is 0 Å². The number of halogens is 1. The van der Waals surface area contributed by atoms with Crippen molar-refractivity contribution in [2.45, 2.75) is 44.7 Å². The van der Waals surface area contributed by atoms with Crippen molar-refractivity contribution in [1.82, 2.24) is 5.32 Å². The highest BCUT2D eigenvalue weighted by Crippen LogP contribution is 2.14. The summed E-state index contributed by atoms with van der Waals surface area (Å²) in [6, 6.07) is 17.7. The third kappa shape index (κ3) is 6.10. The van der Waals surface area contributed by atoms with Crippen LogP contribution in [-0.2, 0) is 17.6 Å². The molecule has 0 heterocycles. The second kappa shape index (κ2) is 9.60. The van der Waals surface area contributed by atoms with Gasteiger partial charge in [-0.2, -0.15) is 0 Å². The summed E-state index contributed by atoms with van der Waals surface area (Å²) in [5.74, 6) is -0.791. The summed E-state index contributed by atoms with van der Waals surface area (Å²) in [7, 11) is 0. The van der Waals surface area contributed by atoms with Crippen LogP contribution in [0.5, 0.6) is 0 Å². The Balaban J connectivity index is 1.92. The van der Waals surface area contributed by atoms with E-state index in [1.165, 1.54) is 5.56 Å². The molecule has 0 aliphatic rings. The van der Waals surface area contributed by atoms with Crippen LogP contribution in [0.15, 0.2) is 59.1 Å². The molecular weight excluding hydrogens is 366 g/mol. The second-order valence-electron chi connectivity index (χ2n) is 6.02. The highest BCUT2D eigenvalue weighted by Gasteiger charge is 2.21. The van der Waals surface area contributed by atoms with Crippen molar-refractivity contribution in [1.29, 1.82) is 0 Å². The molecule has 4 heteroatoms. The molecule has 2 aromatic carbocycles. The van der Waals surface area contributed by atoms with Gasteiger partial charge in [-0.15, -0.1) is 0 Å². The Labute approximate surface area is 152 Å². The predicted molar refractivity (Wildman–Crippen MR) is 101 cm³/mol. The first kappa shape index (κ1) is 18.7. The molecule has 2 rings (SSSR count). The lowest BCUT2D eigenvalue weighted by Gasteiger charge is -2.22. The summed E-state index contributed by atoms with van der Waals surface area (Å²) >= 11 is 3.44. The molecule has 24 heavy (non-hydrogen) atoms. The van der Waals surface area contributed by atoms with Gasteiger partial charge in [-0.1, -0.05) is 65.3 Å². The molecule has 0 aliphatic heterocycles. The van der Waals surface area contributed by atoms with E-state index in [1.54, 1.807) is 0 Å². The Morgan fingerprint density at radius 3 is 2.33 bits per heavy atom. The largest absolute Gasteiger partial charge is 0.480 e. The first-order chi connectivity index (χ1) is 11.6. The Morgan fingerprint density at radius 1 is 1.08 bits per heavy atom. The van der Waals surface area contributed by atoms with Crippen molar-refractivity contribution in [3.05, 3.63) is 70.2 Å². The fraction of sp³-hybridized carbons (Fsp3) is 0.350. The Hall–Kier alpha value is -1.65. The van der Waals surface area contributed by atoms with Crippen molar-refractivity contribution in [3.8, 4) is 0 Å². The molecular formula is C20H24BrNO2. The fourth-order valence-corrected chi connectivity index (χ4v) is 3.01. The number of carboxylic acids is 1. The molecule has 0 radical (unpaired) electrons. The van der Waals surface area contributed by atoms with E-state index in [4.69, 9.17) is 0 Å². The standard InChI is InChI=1S/C20H24BrNO2/c1-2-18(13-10-15-8-11-17(21)12-9-15)22-19(20(23)24)14-16-6-4-3-5-7-16/h3-9,11-12,18-19,22H,2,10,13-14H2,1H3,(H,23,24)/t18?,19-/m0/s1. The minimum atomic E-state index is -0.791. The summed E-state index contributed by atoms with van der Waals surface area (Å²) in [6.45, 7) is 2.10. The third-order valence-electron chi connectivity index (χ3n) is 4.21. The first-order valence-electron chi connectivity index (χ1n) is 8.35. The molecule has 0 aromatic heterocycles. The van der Waals surface area contributed by atoms with Gasteiger partial charge in [0.25, 0.3) is 0 Å². The van der Waals surface area contributed by atoms with Gasteiger partial charge in [0, 0.05) is 10.5 Å². The SMILES string of the molecule is CCC(CCc1ccc(Br)cc1)N[C@@H](Cc1ccccc1)C(=O)O. The van der Waals surface area contributed by atoms with E-state index in [2.05, 4.69) is 40.3 Å². The smallest absolute Gasteiger partial charge is 0.321 e. The topological polar surface area (TPSA) is 49.3 Å². The van der Waals surface area contributed by atoms with Crippen LogP contribution in [0.2, 0.25) is 0 Å². The zero-order valence-corrected chi connectivity index (χ0v) is 15.5. The van der Waals surface area contributed by atoms with Gasteiger partial charge in [0.1, 0.15) is 6.04 Å². The van der Waals surface area contributed by atoms with Gasteiger partial charge in [-0.3, -0.25) is 4.79 Å². The number of aliphatic carboxylic acids is 1. The molecule has 2 N–H and O–H groups in total. The van der Waals surface area contributed by atoms with E-state index in [-0.39, 0.29) is 6.04 Å². The van der Waals surface area contributed by atoms with Crippen molar-refractivity contribution < 1.29 is 9.90 Å². The minimum Gasteiger partial charge on any atom is -0.480 e. The molecule has 0 saturated carbocycles. The summed E-state index contributed by atoms with van der Waals surface area (Å²) in [4.78, 5) is 11.6. The number of hydrogen-bond donors (Lipinski definition) is 2. The highest BCUT2D eigenvalue weighted by atomic mass is 79.9. The van der Waals surface area contributed by atoms with Crippen LogP contribution in [0.25, 0.3) is 0 Å². The van der Waals surface area contributed by atoms with Gasteiger partial charge >= 0.3 is 5.97 Å². The van der Waals surface area contributed by atoms with E-state index in [9.17, 15) is 9.90 Å². The summed E-state index contributed by atoms with van der Waals surface area (Å²) < 4.78 is 1.07. The minimum absolute atomic E-state index is 0.193. The van der Waals surface area contributed by atoms with Crippen LogP contribution in [-0.4, -0.2) is 23.2 Å². The number of carboxylic acid groups (broad SMARTS) is 1. The van der Waals surface area contributed by atoms with E-state index in [1.807, 2.05) is 42.5 Å². The maximum atomic E-state index is 11.6. The first-order valence-corrected chi connectivity index (χ1v) is 9.15. The fourth-order valence-electron chi connectivity index (χ4n) is 2.75. The molecule has 2 atom stereocenters. The Kier molecular flexibility index (Phi) is 7.47. The van der Waals surface area contributed by atoms with E-state index in [0.29, 0.717) is 6.42 Å². The van der Waals surface area contributed by atoms with Crippen LogP contribution in [0.4, 0.5) is 0 Å². The Morgan fingerprint density at radius 2 is 1.75 bits per heavy atom. The van der Waals surface area contributed by atoms with Crippen molar-refractivity contribution in [3.63, 3.8) is 0 Å². The molecule has 0 spiro atoms. The lowest BCUT2D eigenvalue weighted by molar-refractivity contribution is -0.139. The molecule has 0 fully saturated rings. The van der Waals surface area contributed by atoms with Crippen molar-refractivity contribution in [2.75, 3.05) is 0 Å². The van der Waals surface area contributed by atoms with Crippen LogP contribution < -0.4 is 5.32 Å². The quantitative estimate of drug-likeness (QED) is 0.665. The second-order valence-corrected chi connectivity index (χ2v) is 6.93. The van der Waals surface area contributed by atoms with Crippen molar-refractivity contribution >= 4 is 21.9 Å². The average Bonchev–Trinajstić information content (AvgIpc) is 2.59. The lowest BCUT2D eigenvalue weighted by Crippen LogP contribution is -2.44. The molecule has 128 valence electrons. The van der Waals surface area contributed by atoms with E-state index < -0.39 is 12.0 Å².